The van der Waals surface area contributed by atoms with Crippen molar-refractivity contribution in [1.82, 2.24) is 49.7 Å². The van der Waals surface area contributed by atoms with E-state index in [0.717, 1.165) is 91.5 Å². The molecule has 2 unspecified atom stereocenters. The SMILES string of the molecule is C=CCn1c(=O)c2cnc(Nc3ccc(N4CCN(CCCCCCCC(=O)N[C@H](C(=O)N5CC(O)CC5C(=O)NCc5ccc(-c6scnc6C)cc5)C(C)(C)C)CC4)cc3)nc2n1-c1cccc(C(C)(C)O)n1. The number of allylic oxidation sites excluding steroid dienone is 1. The summed E-state index contributed by atoms with van der Waals surface area (Å²) >= 11 is 1.58. The van der Waals surface area contributed by atoms with Gasteiger partial charge in [0.1, 0.15) is 23.1 Å². The molecule has 2 fully saturated rings. The van der Waals surface area contributed by atoms with Crippen LogP contribution in [0.5, 0.6) is 0 Å². The number of hydrogen-bond donors (Lipinski definition) is 5. The fourth-order valence-electron chi connectivity index (χ4n) is 9.77. The summed E-state index contributed by atoms with van der Waals surface area (Å²) in [4.78, 5) is 80.0. The number of β-amino-alcohol motifs (C(OH)–C–C–N with tert-alkyl or cyclic N) is 1. The molecule has 19 heteroatoms. The van der Waals surface area contributed by atoms with E-state index in [2.05, 4.69) is 59.4 Å². The second-order valence-electron chi connectivity index (χ2n) is 21.3. The summed E-state index contributed by atoms with van der Waals surface area (Å²) in [6.45, 7) is 20.2. The van der Waals surface area contributed by atoms with Crippen molar-refractivity contribution in [2.45, 2.75) is 123 Å². The number of anilines is 3. The minimum Gasteiger partial charge on any atom is -0.391 e. The quantitative estimate of drug-likeness (QED) is 0.0369. The molecule has 5 N–H and O–H groups in total. The Morgan fingerprint density at radius 1 is 0.907 bits per heavy atom. The van der Waals surface area contributed by atoms with E-state index >= 15 is 0 Å². The van der Waals surface area contributed by atoms with E-state index in [1.165, 1.54) is 15.8 Å². The number of benzene rings is 2. The normalized spacial score (nSPS) is 16.8. The van der Waals surface area contributed by atoms with Gasteiger partial charge in [0, 0.05) is 69.7 Å². The first-order valence-corrected chi connectivity index (χ1v) is 26.9. The van der Waals surface area contributed by atoms with E-state index < -0.39 is 29.2 Å². The molecule has 0 spiro atoms. The average molecular weight is 1040 g/mol. The van der Waals surface area contributed by atoms with Crippen LogP contribution in [-0.2, 0) is 33.1 Å². The fourth-order valence-corrected chi connectivity index (χ4v) is 10.6. The molecule has 3 atom stereocenters. The van der Waals surface area contributed by atoms with Crippen LogP contribution in [0.4, 0.5) is 17.3 Å². The van der Waals surface area contributed by atoms with Gasteiger partial charge in [0.25, 0.3) is 5.56 Å². The van der Waals surface area contributed by atoms with Gasteiger partial charge in [-0.3, -0.25) is 24.1 Å². The highest BCUT2D eigenvalue weighted by Gasteiger charge is 2.44. The Balaban J connectivity index is 0.741. The van der Waals surface area contributed by atoms with Crippen LogP contribution in [0.1, 0.15) is 96.5 Å². The molecule has 2 saturated heterocycles. The van der Waals surface area contributed by atoms with Gasteiger partial charge in [-0.15, -0.1) is 17.9 Å². The summed E-state index contributed by atoms with van der Waals surface area (Å²) < 4.78 is 3.14. The number of thiazole rings is 1. The van der Waals surface area contributed by atoms with Gasteiger partial charge >= 0.3 is 0 Å². The highest BCUT2D eigenvalue weighted by molar-refractivity contribution is 7.13. The lowest BCUT2D eigenvalue weighted by atomic mass is 9.85. The largest absolute Gasteiger partial charge is 0.391 e. The minimum absolute atomic E-state index is 0.0318. The monoisotopic (exact) mass is 1040 g/mol. The number of aryl methyl sites for hydroxylation is 1. The zero-order chi connectivity index (χ0) is 53.4. The van der Waals surface area contributed by atoms with Crippen LogP contribution in [0.25, 0.3) is 27.3 Å². The van der Waals surface area contributed by atoms with Crippen molar-refractivity contribution in [3.05, 3.63) is 118 Å². The van der Waals surface area contributed by atoms with E-state index in [1.807, 2.05) is 69.6 Å². The molecule has 0 aliphatic carbocycles. The van der Waals surface area contributed by atoms with Crippen LogP contribution >= 0.6 is 11.3 Å². The number of fused-ring (bicyclic) bond motifs is 1. The number of aliphatic hydroxyl groups excluding tert-OH is 1. The number of amides is 3. The molecule has 0 bridgehead atoms. The number of unbranched alkanes of at least 4 members (excludes halogenated alkanes) is 4. The minimum atomic E-state index is -1.18. The average Bonchev–Trinajstić information content (AvgIpc) is 4.08. The van der Waals surface area contributed by atoms with E-state index in [-0.39, 0.29) is 49.3 Å². The number of nitrogens with zero attached hydrogens (tertiary/aromatic N) is 9. The third-order valence-electron chi connectivity index (χ3n) is 14.0. The molecule has 6 aromatic rings. The lowest BCUT2D eigenvalue weighted by molar-refractivity contribution is -0.144. The lowest BCUT2D eigenvalue weighted by Gasteiger charge is -2.36. The van der Waals surface area contributed by atoms with Crippen LogP contribution in [-0.4, -0.2) is 124 Å². The Hall–Kier alpha value is -6.80. The molecule has 0 saturated carbocycles. The third kappa shape index (κ3) is 13.4. The molecule has 4 aromatic heterocycles. The van der Waals surface area contributed by atoms with Crippen LogP contribution in [0, 0.1) is 12.3 Å². The standard InChI is InChI=1S/C56H72N12O6S/c1-8-26-67-52(72)43-34-58-54(63-50(43)68(67)46-16-14-15-45(61-46)56(6,7)74)60-40-22-24-41(25-23-40)65-30-28-64(29-31-65)27-13-11-9-10-12-17-47(70)62-49(55(3,4)5)53(73)66-35-42(69)32-44(66)51(71)57-33-38-18-20-39(21-19-38)48-37(2)59-36-75-48/h8,14-16,18-25,34,36,42,44,49,69,74H,1,9-13,17,26-33,35H2,2-7H3,(H,57,71)(H,62,70)(H,58,60,63)/t42?,44?,49-/m1/s1. The predicted octanol–water partition coefficient (Wildman–Crippen LogP) is 6.84. The Morgan fingerprint density at radius 3 is 2.31 bits per heavy atom. The van der Waals surface area contributed by atoms with Crippen molar-refractivity contribution in [1.29, 1.82) is 0 Å². The molecule has 75 heavy (non-hydrogen) atoms. The van der Waals surface area contributed by atoms with Gasteiger partial charge in [-0.05, 0) is 93.1 Å². The maximum absolute atomic E-state index is 14.1. The Kier molecular flexibility index (Phi) is 17.3. The summed E-state index contributed by atoms with van der Waals surface area (Å²) in [5, 5.41) is 30.9. The second kappa shape index (κ2) is 23.8. The number of rotatable bonds is 21. The predicted molar refractivity (Wildman–Crippen MR) is 294 cm³/mol. The number of nitrogens with one attached hydrogen (secondary N) is 3. The zero-order valence-corrected chi connectivity index (χ0v) is 44.9. The summed E-state index contributed by atoms with van der Waals surface area (Å²) in [5.74, 6) is -0.116. The van der Waals surface area contributed by atoms with Gasteiger partial charge in [-0.2, -0.15) is 4.98 Å². The van der Waals surface area contributed by atoms with Gasteiger partial charge in [0.15, 0.2) is 11.5 Å². The van der Waals surface area contributed by atoms with Gasteiger partial charge < -0.3 is 36.0 Å². The number of carbonyl (C=O) groups excluding carboxylic acids is 3. The molecular weight excluding hydrogens is 969 g/mol. The number of carbonyl (C=O) groups is 3. The van der Waals surface area contributed by atoms with Crippen LogP contribution in [0.15, 0.2) is 95.9 Å². The number of likely N-dealkylation sites (tertiary alicyclic amines) is 1. The molecule has 3 amide bonds. The second-order valence-corrected chi connectivity index (χ2v) is 22.2. The van der Waals surface area contributed by atoms with Gasteiger partial charge in [-0.25, -0.2) is 24.3 Å². The molecular formula is C56H72N12O6S. The van der Waals surface area contributed by atoms with Gasteiger partial charge in [0.2, 0.25) is 23.7 Å². The Bertz CT molecular complexity index is 3000. The molecule has 2 aliphatic rings. The molecule has 6 heterocycles. The van der Waals surface area contributed by atoms with E-state index in [0.29, 0.717) is 41.3 Å². The summed E-state index contributed by atoms with van der Waals surface area (Å²) in [6, 6.07) is 19.7. The fraction of sp³-hybridized carbons (Fsp3) is 0.464. The highest BCUT2D eigenvalue weighted by Crippen LogP contribution is 2.30. The first-order chi connectivity index (χ1) is 35.9. The molecule has 2 aliphatic heterocycles. The first kappa shape index (κ1) is 54.5. The number of piperazine rings is 1. The molecule has 398 valence electrons. The lowest BCUT2D eigenvalue weighted by Crippen LogP contribution is -2.57. The van der Waals surface area contributed by atoms with Crippen molar-refractivity contribution in [2.24, 2.45) is 5.41 Å². The zero-order valence-electron chi connectivity index (χ0n) is 44.1. The maximum Gasteiger partial charge on any atom is 0.278 e. The summed E-state index contributed by atoms with van der Waals surface area (Å²) in [5.41, 5.74) is 5.48. The Morgan fingerprint density at radius 2 is 1.63 bits per heavy atom. The Labute approximate surface area is 442 Å². The van der Waals surface area contributed by atoms with Crippen molar-refractivity contribution < 1.29 is 24.6 Å². The van der Waals surface area contributed by atoms with Gasteiger partial charge in [0.05, 0.1) is 34.4 Å². The summed E-state index contributed by atoms with van der Waals surface area (Å²) in [6.07, 6.45) is 7.56. The van der Waals surface area contributed by atoms with Crippen molar-refractivity contribution in [2.75, 3.05) is 49.5 Å². The topological polar surface area (TPSA) is 216 Å². The molecule has 0 radical (unpaired) electrons. The smallest absolute Gasteiger partial charge is 0.278 e. The summed E-state index contributed by atoms with van der Waals surface area (Å²) in [7, 11) is 0. The van der Waals surface area contributed by atoms with Crippen molar-refractivity contribution >= 4 is 57.4 Å². The number of pyridine rings is 1. The third-order valence-corrected chi connectivity index (χ3v) is 15.0. The van der Waals surface area contributed by atoms with Crippen molar-refractivity contribution in [3.8, 4) is 16.3 Å². The van der Waals surface area contributed by atoms with Crippen LogP contribution in [0.3, 0.4) is 0 Å². The van der Waals surface area contributed by atoms with Gasteiger partial charge in [-0.1, -0.05) is 76.4 Å². The molecule has 2 aromatic carbocycles. The van der Waals surface area contributed by atoms with E-state index in [1.54, 1.807) is 54.1 Å². The van der Waals surface area contributed by atoms with E-state index in [9.17, 15) is 29.4 Å². The van der Waals surface area contributed by atoms with Crippen LogP contribution in [0.2, 0.25) is 0 Å². The number of aromatic nitrogens is 6. The van der Waals surface area contributed by atoms with Crippen LogP contribution < -0.4 is 26.4 Å². The number of aliphatic hydroxyl groups is 2. The van der Waals surface area contributed by atoms with Crippen molar-refractivity contribution in [3.63, 3.8) is 0 Å². The number of hydrogen-bond acceptors (Lipinski definition) is 14. The molecule has 8 rings (SSSR count). The molecule has 18 nitrogen and oxygen atoms in total. The van der Waals surface area contributed by atoms with E-state index in [4.69, 9.17) is 4.98 Å². The highest BCUT2D eigenvalue weighted by atomic mass is 32.1. The first-order valence-electron chi connectivity index (χ1n) is 26.1. The maximum atomic E-state index is 14.1.